The Morgan fingerprint density at radius 2 is 2.23 bits per heavy atom. The monoisotopic (exact) mass is 174 g/mol. The van der Waals surface area contributed by atoms with Gasteiger partial charge in [-0.1, -0.05) is 31.2 Å². The predicted molar refractivity (Wildman–Crippen MR) is 52.8 cm³/mol. The van der Waals surface area contributed by atoms with E-state index >= 15 is 0 Å². The fourth-order valence-corrected chi connectivity index (χ4v) is 2.29. The van der Waals surface area contributed by atoms with E-state index in [1.807, 2.05) is 6.07 Å². The zero-order valence-electron chi connectivity index (χ0n) is 7.92. The van der Waals surface area contributed by atoms with Crippen LogP contribution in [0.5, 0.6) is 0 Å². The van der Waals surface area contributed by atoms with E-state index in [2.05, 4.69) is 25.1 Å². The fourth-order valence-electron chi connectivity index (χ4n) is 2.29. The van der Waals surface area contributed by atoms with Gasteiger partial charge in [0, 0.05) is 0 Å². The molecule has 1 aromatic carbocycles. The molecule has 1 heteroatoms. The summed E-state index contributed by atoms with van der Waals surface area (Å²) in [5, 5.41) is 0. The molecule has 1 atom stereocenters. The number of carbonyl (C=O) groups excluding carboxylic acids is 1. The first-order valence-electron chi connectivity index (χ1n) is 4.87. The maximum Gasteiger partial charge on any atom is 0.130 e. The Labute approximate surface area is 78.8 Å². The third kappa shape index (κ3) is 1.11. The minimum absolute atomic E-state index is 0.170. The van der Waals surface area contributed by atoms with Gasteiger partial charge in [0.15, 0.2) is 0 Å². The third-order valence-electron chi connectivity index (χ3n) is 3.25. The van der Waals surface area contributed by atoms with Crippen molar-refractivity contribution in [1.29, 1.82) is 0 Å². The van der Waals surface area contributed by atoms with Crippen LogP contribution in [0.15, 0.2) is 24.3 Å². The van der Waals surface area contributed by atoms with Gasteiger partial charge in [0.25, 0.3) is 0 Å². The van der Waals surface area contributed by atoms with E-state index in [1.165, 1.54) is 11.1 Å². The van der Waals surface area contributed by atoms with Crippen molar-refractivity contribution >= 4 is 6.29 Å². The number of rotatable bonds is 2. The molecule has 0 fully saturated rings. The van der Waals surface area contributed by atoms with Gasteiger partial charge < -0.3 is 4.79 Å². The van der Waals surface area contributed by atoms with E-state index in [1.54, 1.807) is 0 Å². The van der Waals surface area contributed by atoms with Gasteiger partial charge in [0.05, 0.1) is 5.41 Å². The Morgan fingerprint density at radius 1 is 1.46 bits per heavy atom. The Bertz CT molecular complexity index is 330. The van der Waals surface area contributed by atoms with E-state index in [4.69, 9.17) is 0 Å². The molecule has 68 valence electrons. The molecule has 0 amide bonds. The molecule has 0 aliphatic heterocycles. The number of hydrogen-bond acceptors (Lipinski definition) is 1. The molecule has 1 aromatic rings. The molecule has 0 aromatic heterocycles. The molecule has 0 unspecified atom stereocenters. The summed E-state index contributed by atoms with van der Waals surface area (Å²) in [4.78, 5) is 11.1. The van der Waals surface area contributed by atoms with Crippen molar-refractivity contribution in [3.8, 4) is 0 Å². The first-order chi connectivity index (χ1) is 6.32. The SMILES string of the molecule is CC[C@]1(C=O)CCc2ccccc21. The van der Waals surface area contributed by atoms with Crippen LogP contribution in [-0.2, 0) is 16.6 Å². The largest absolute Gasteiger partial charge is 0.302 e. The van der Waals surface area contributed by atoms with Crippen molar-refractivity contribution in [1.82, 2.24) is 0 Å². The van der Waals surface area contributed by atoms with Gasteiger partial charge in [0.1, 0.15) is 6.29 Å². The van der Waals surface area contributed by atoms with Crippen molar-refractivity contribution < 1.29 is 4.79 Å². The summed E-state index contributed by atoms with van der Waals surface area (Å²) in [6, 6.07) is 8.31. The average molecular weight is 174 g/mol. The molecule has 1 nitrogen and oxygen atoms in total. The van der Waals surface area contributed by atoms with Gasteiger partial charge in [-0.05, 0) is 30.4 Å². The normalized spacial score (nSPS) is 25.6. The number of benzene rings is 1. The molecule has 0 saturated carbocycles. The summed E-state index contributed by atoms with van der Waals surface area (Å²) in [6.07, 6.45) is 4.11. The van der Waals surface area contributed by atoms with E-state index in [9.17, 15) is 4.79 Å². The molecular formula is C12H14O. The van der Waals surface area contributed by atoms with Crippen molar-refractivity contribution in [3.05, 3.63) is 35.4 Å². The summed E-state index contributed by atoms with van der Waals surface area (Å²) in [5.41, 5.74) is 2.44. The number of aldehydes is 1. The van der Waals surface area contributed by atoms with Crippen molar-refractivity contribution in [3.63, 3.8) is 0 Å². The highest BCUT2D eigenvalue weighted by atomic mass is 16.1. The molecule has 2 rings (SSSR count). The second-order valence-electron chi connectivity index (χ2n) is 3.78. The molecule has 0 N–H and O–H groups in total. The second-order valence-corrected chi connectivity index (χ2v) is 3.78. The van der Waals surface area contributed by atoms with Gasteiger partial charge in [-0.2, -0.15) is 0 Å². The van der Waals surface area contributed by atoms with Crippen LogP contribution in [-0.4, -0.2) is 6.29 Å². The molecule has 0 saturated heterocycles. The molecule has 0 bridgehead atoms. The van der Waals surface area contributed by atoms with Crippen LogP contribution in [0.1, 0.15) is 30.9 Å². The fraction of sp³-hybridized carbons (Fsp3) is 0.417. The number of aryl methyl sites for hydroxylation is 1. The molecule has 13 heavy (non-hydrogen) atoms. The van der Waals surface area contributed by atoms with E-state index < -0.39 is 0 Å². The minimum atomic E-state index is -0.170. The van der Waals surface area contributed by atoms with Crippen molar-refractivity contribution in [2.24, 2.45) is 0 Å². The van der Waals surface area contributed by atoms with Crippen molar-refractivity contribution in [2.75, 3.05) is 0 Å². The summed E-state index contributed by atoms with van der Waals surface area (Å²) in [6.45, 7) is 2.09. The van der Waals surface area contributed by atoms with Crippen LogP contribution in [0.2, 0.25) is 0 Å². The average Bonchev–Trinajstić information content (AvgIpc) is 2.58. The summed E-state index contributed by atoms with van der Waals surface area (Å²) < 4.78 is 0. The van der Waals surface area contributed by atoms with Crippen LogP contribution < -0.4 is 0 Å². The lowest BCUT2D eigenvalue weighted by molar-refractivity contribution is -0.112. The highest BCUT2D eigenvalue weighted by Gasteiger charge is 2.36. The molecule has 1 aliphatic carbocycles. The van der Waals surface area contributed by atoms with Gasteiger partial charge >= 0.3 is 0 Å². The number of hydrogen-bond donors (Lipinski definition) is 0. The second kappa shape index (κ2) is 2.99. The zero-order chi connectivity index (χ0) is 9.31. The topological polar surface area (TPSA) is 17.1 Å². The first-order valence-corrected chi connectivity index (χ1v) is 4.87. The summed E-state index contributed by atoms with van der Waals surface area (Å²) in [5.74, 6) is 0. The van der Waals surface area contributed by atoms with Crippen LogP contribution in [0, 0.1) is 0 Å². The predicted octanol–water partition coefficient (Wildman–Crippen LogP) is 2.48. The smallest absolute Gasteiger partial charge is 0.130 e. The maximum absolute atomic E-state index is 11.1. The quantitative estimate of drug-likeness (QED) is 0.629. The Hall–Kier alpha value is -1.11. The van der Waals surface area contributed by atoms with Gasteiger partial charge in [0.2, 0.25) is 0 Å². The van der Waals surface area contributed by atoms with Gasteiger partial charge in [-0.25, -0.2) is 0 Å². The first kappa shape index (κ1) is 8.49. The molecule has 0 spiro atoms. The Balaban J connectivity index is 2.53. The molecule has 0 radical (unpaired) electrons. The van der Waals surface area contributed by atoms with Gasteiger partial charge in [-0.15, -0.1) is 0 Å². The standard InChI is InChI=1S/C12H14O/c1-2-12(9-13)8-7-10-5-3-4-6-11(10)12/h3-6,9H,2,7-8H2,1H3/t12-/m1/s1. The molecular weight excluding hydrogens is 160 g/mol. The third-order valence-corrected chi connectivity index (χ3v) is 3.25. The van der Waals surface area contributed by atoms with Crippen LogP contribution >= 0.6 is 0 Å². The lowest BCUT2D eigenvalue weighted by Crippen LogP contribution is -2.23. The minimum Gasteiger partial charge on any atom is -0.302 e. The van der Waals surface area contributed by atoms with E-state index in [-0.39, 0.29) is 5.41 Å². The Kier molecular flexibility index (Phi) is 1.95. The van der Waals surface area contributed by atoms with Crippen molar-refractivity contribution in [2.45, 2.75) is 31.6 Å². The van der Waals surface area contributed by atoms with Crippen LogP contribution in [0.4, 0.5) is 0 Å². The molecule has 0 heterocycles. The van der Waals surface area contributed by atoms with Gasteiger partial charge in [-0.3, -0.25) is 0 Å². The molecule has 1 aliphatic rings. The number of carbonyl (C=O) groups is 1. The van der Waals surface area contributed by atoms with E-state index in [0.717, 1.165) is 25.5 Å². The Morgan fingerprint density at radius 3 is 2.92 bits per heavy atom. The summed E-state index contributed by atoms with van der Waals surface area (Å²) in [7, 11) is 0. The highest BCUT2D eigenvalue weighted by molar-refractivity contribution is 5.71. The lowest BCUT2D eigenvalue weighted by atomic mass is 9.81. The van der Waals surface area contributed by atoms with Crippen LogP contribution in [0.25, 0.3) is 0 Å². The highest BCUT2D eigenvalue weighted by Crippen LogP contribution is 2.39. The van der Waals surface area contributed by atoms with E-state index in [0.29, 0.717) is 0 Å². The zero-order valence-corrected chi connectivity index (χ0v) is 7.92. The lowest BCUT2D eigenvalue weighted by Gasteiger charge is -2.21. The summed E-state index contributed by atoms with van der Waals surface area (Å²) >= 11 is 0. The number of fused-ring (bicyclic) bond motifs is 1. The van der Waals surface area contributed by atoms with Crippen LogP contribution in [0.3, 0.4) is 0 Å². The maximum atomic E-state index is 11.1.